The highest BCUT2D eigenvalue weighted by Crippen LogP contribution is 2.34. The zero-order valence-electron chi connectivity index (χ0n) is 8.13. The minimum absolute atomic E-state index is 0.0314. The summed E-state index contributed by atoms with van der Waals surface area (Å²) in [5.74, 6) is 0. The highest BCUT2D eigenvalue weighted by Gasteiger charge is 2.26. The molecule has 0 aliphatic carbocycles. The number of fused-ring (bicyclic) bond motifs is 1. The summed E-state index contributed by atoms with van der Waals surface area (Å²) in [6.07, 6.45) is 1.28. The zero-order valence-corrected chi connectivity index (χ0v) is 8.13. The molecule has 0 aliphatic rings. The second-order valence-corrected chi connectivity index (χ2v) is 3.21. The van der Waals surface area contributed by atoms with E-state index in [-0.39, 0.29) is 27.8 Å². The van der Waals surface area contributed by atoms with E-state index in [0.29, 0.717) is 0 Å². The average molecular weight is 222 g/mol. The molecule has 1 N–H and O–H groups in total. The number of nitrogens with zero attached hydrogens (tertiary/aromatic N) is 3. The van der Waals surface area contributed by atoms with Crippen molar-refractivity contribution in [2.45, 2.75) is 6.92 Å². The number of nitrogens with one attached hydrogen (secondary N) is 1. The highest BCUT2D eigenvalue weighted by molar-refractivity contribution is 5.92. The van der Waals surface area contributed by atoms with E-state index in [4.69, 9.17) is 0 Å². The summed E-state index contributed by atoms with van der Waals surface area (Å²) in [6, 6.07) is 1.24. The van der Waals surface area contributed by atoms with Crippen LogP contribution in [0.2, 0.25) is 0 Å². The van der Waals surface area contributed by atoms with E-state index in [9.17, 15) is 20.2 Å². The Labute approximate surface area is 88.2 Å². The lowest BCUT2D eigenvalue weighted by molar-refractivity contribution is -0.394. The SMILES string of the molecule is Cc1c([N+](=O)[O-])cc2[nH]ncc2c1[N+](=O)[O-]. The van der Waals surface area contributed by atoms with Gasteiger partial charge in [0.25, 0.3) is 11.4 Å². The quantitative estimate of drug-likeness (QED) is 0.613. The summed E-state index contributed by atoms with van der Waals surface area (Å²) in [6.45, 7) is 1.35. The fraction of sp³-hybridized carbons (Fsp3) is 0.125. The van der Waals surface area contributed by atoms with Crippen molar-refractivity contribution in [2.24, 2.45) is 0 Å². The van der Waals surface area contributed by atoms with Crippen molar-refractivity contribution < 1.29 is 9.85 Å². The van der Waals surface area contributed by atoms with E-state index in [1.165, 1.54) is 19.2 Å². The first-order valence-corrected chi connectivity index (χ1v) is 4.28. The Morgan fingerprint density at radius 1 is 1.31 bits per heavy atom. The number of nitro benzene ring substituents is 2. The molecular weight excluding hydrogens is 216 g/mol. The minimum Gasteiger partial charge on any atom is -0.277 e. The number of hydrogen-bond donors (Lipinski definition) is 1. The van der Waals surface area contributed by atoms with Gasteiger partial charge in [-0.15, -0.1) is 0 Å². The molecule has 1 aromatic heterocycles. The second-order valence-electron chi connectivity index (χ2n) is 3.21. The van der Waals surface area contributed by atoms with Gasteiger partial charge in [0.15, 0.2) is 0 Å². The van der Waals surface area contributed by atoms with Gasteiger partial charge in [-0.2, -0.15) is 5.10 Å². The van der Waals surface area contributed by atoms with Crippen molar-refractivity contribution >= 4 is 22.3 Å². The molecule has 1 aromatic carbocycles. The van der Waals surface area contributed by atoms with E-state index in [0.717, 1.165) is 0 Å². The van der Waals surface area contributed by atoms with Gasteiger partial charge in [-0.05, 0) is 6.92 Å². The van der Waals surface area contributed by atoms with E-state index in [1.54, 1.807) is 0 Å². The van der Waals surface area contributed by atoms with E-state index in [2.05, 4.69) is 10.2 Å². The molecule has 1 heterocycles. The molecule has 8 nitrogen and oxygen atoms in total. The normalized spacial score (nSPS) is 10.6. The summed E-state index contributed by atoms with van der Waals surface area (Å²) in [7, 11) is 0. The van der Waals surface area contributed by atoms with Gasteiger partial charge in [-0.1, -0.05) is 0 Å². The molecule has 0 fully saturated rings. The lowest BCUT2D eigenvalue weighted by Crippen LogP contribution is -1.98. The predicted octanol–water partition coefficient (Wildman–Crippen LogP) is 1.69. The zero-order chi connectivity index (χ0) is 11.9. The van der Waals surface area contributed by atoms with Crippen molar-refractivity contribution in [1.29, 1.82) is 0 Å². The van der Waals surface area contributed by atoms with Crippen LogP contribution < -0.4 is 0 Å². The number of rotatable bonds is 2. The molecular formula is C8H6N4O4. The maximum atomic E-state index is 10.8. The van der Waals surface area contributed by atoms with Gasteiger partial charge >= 0.3 is 0 Å². The summed E-state index contributed by atoms with van der Waals surface area (Å²) < 4.78 is 0. The van der Waals surface area contributed by atoms with Crippen molar-refractivity contribution in [2.75, 3.05) is 0 Å². The van der Waals surface area contributed by atoms with E-state index < -0.39 is 9.85 Å². The Bertz CT molecular complexity index is 603. The first kappa shape index (κ1) is 10.0. The number of nitro groups is 2. The van der Waals surface area contributed by atoms with Gasteiger partial charge in [-0.25, -0.2) is 0 Å². The maximum Gasteiger partial charge on any atom is 0.290 e. The van der Waals surface area contributed by atoms with Crippen molar-refractivity contribution in [3.63, 3.8) is 0 Å². The lowest BCUT2D eigenvalue weighted by atomic mass is 10.1. The third-order valence-corrected chi connectivity index (χ3v) is 2.32. The van der Waals surface area contributed by atoms with Crippen LogP contribution in [0.1, 0.15) is 5.56 Å². The van der Waals surface area contributed by atoms with Crippen molar-refractivity contribution in [3.8, 4) is 0 Å². The van der Waals surface area contributed by atoms with Crippen LogP contribution in [-0.2, 0) is 0 Å². The summed E-state index contributed by atoms with van der Waals surface area (Å²) in [4.78, 5) is 20.3. The molecule has 0 atom stereocenters. The van der Waals surface area contributed by atoms with Crippen LogP contribution in [0.4, 0.5) is 11.4 Å². The van der Waals surface area contributed by atoms with Crippen LogP contribution in [-0.4, -0.2) is 20.0 Å². The summed E-state index contributed by atoms with van der Waals surface area (Å²) >= 11 is 0. The van der Waals surface area contributed by atoms with Crippen molar-refractivity contribution in [1.82, 2.24) is 10.2 Å². The maximum absolute atomic E-state index is 10.8. The predicted molar refractivity (Wildman–Crippen MR) is 54.1 cm³/mol. The van der Waals surface area contributed by atoms with Gasteiger partial charge < -0.3 is 0 Å². The topological polar surface area (TPSA) is 115 Å². The monoisotopic (exact) mass is 222 g/mol. The van der Waals surface area contributed by atoms with Crippen LogP contribution >= 0.6 is 0 Å². The van der Waals surface area contributed by atoms with Crippen LogP contribution in [0.25, 0.3) is 10.9 Å². The Morgan fingerprint density at radius 2 is 2.00 bits per heavy atom. The third-order valence-electron chi connectivity index (χ3n) is 2.32. The lowest BCUT2D eigenvalue weighted by Gasteiger charge is -1.99. The van der Waals surface area contributed by atoms with Gasteiger partial charge in [0.05, 0.1) is 26.9 Å². The smallest absolute Gasteiger partial charge is 0.277 e. The summed E-state index contributed by atoms with van der Waals surface area (Å²) in [5.41, 5.74) is -0.255. The molecule has 0 saturated carbocycles. The Hall–Kier alpha value is -2.51. The first-order chi connectivity index (χ1) is 7.52. The molecule has 0 saturated heterocycles. The number of aromatic nitrogens is 2. The number of aromatic amines is 1. The van der Waals surface area contributed by atoms with E-state index >= 15 is 0 Å². The van der Waals surface area contributed by atoms with Crippen LogP contribution in [0, 0.1) is 27.2 Å². The molecule has 0 amide bonds. The molecule has 16 heavy (non-hydrogen) atoms. The minimum atomic E-state index is -0.650. The molecule has 2 aromatic rings. The Morgan fingerprint density at radius 3 is 2.56 bits per heavy atom. The van der Waals surface area contributed by atoms with Crippen LogP contribution in [0.3, 0.4) is 0 Å². The number of hydrogen-bond acceptors (Lipinski definition) is 5. The summed E-state index contributed by atoms with van der Waals surface area (Å²) in [5, 5.41) is 27.9. The van der Waals surface area contributed by atoms with Gasteiger partial charge in [-0.3, -0.25) is 25.3 Å². The second kappa shape index (κ2) is 3.26. The molecule has 2 rings (SSSR count). The van der Waals surface area contributed by atoms with Gasteiger partial charge in [0.1, 0.15) is 5.56 Å². The Balaban J connectivity index is 2.92. The molecule has 0 aliphatic heterocycles. The number of benzene rings is 1. The highest BCUT2D eigenvalue weighted by atomic mass is 16.6. The van der Waals surface area contributed by atoms with Crippen LogP contribution in [0.5, 0.6) is 0 Å². The first-order valence-electron chi connectivity index (χ1n) is 4.28. The molecule has 82 valence electrons. The average Bonchev–Trinajstić information content (AvgIpc) is 2.62. The largest absolute Gasteiger partial charge is 0.290 e. The van der Waals surface area contributed by atoms with Crippen molar-refractivity contribution in [3.05, 3.63) is 38.1 Å². The third kappa shape index (κ3) is 1.28. The molecule has 8 heteroatoms. The van der Waals surface area contributed by atoms with Crippen LogP contribution in [0.15, 0.2) is 12.3 Å². The van der Waals surface area contributed by atoms with Gasteiger partial charge in [0, 0.05) is 6.07 Å². The Kier molecular flexibility index (Phi) is 2.04. The molecule has 0 bridgehead atoms. The fourth-order valence-corrected chi connectivity index (χ4v) is 1.59. The number of H-pyrrole nitrogens is 1. The molecule has 0 spiro atoms. The fourth-order valence-electron chi connectivity index (χ4n) is 1.59. The standard InChI is InChI=1S/C8H6N4O4/c1-4-7(11(13)14)2-6-5(3-9-10-6)8(4)12(15)16/h2-3H,1H3,(H,9,10). The molecule has 0 radical (unpaired) electrons. The van der Waals surface area contributed by atoms with E-state index in [1.807, 2.05) is 0 Å². The molecule has 0 unspecified atom stereocenters. The van der Waals surface area contributed by atoms with Gasteiger partial charge in [0.2, 0.25) is 0 Å².